The number of likely N-dealkylation sites (N-methyl/N-ethyl adjacent to an activating group) is 2. The van der Waals surface area contributed by atoms with E-state index >= 15 is 0 Å². The summed E-state index contributed by atoms with van der Waals surface area (Å²) < 4.78 is 5.92. The smallest absolute Gasteiger partial charge is 0.138 e. The third-order valence-corrected chi connectivity index (χ3v) is 5.72. The summed E-state index contributed by atoms with van der Waals surface area (Å²) in [4.78, 5) is 12.7. The van der Waals surface area contributed by atoms with Crippen molar-refractivity contribution in [1.29, 1.82) is 0 Å². The van der Waals surface area contributed by atoms with Gasteiger partial charge in [-0.05, 0) is 68.9 Å². The van der Waals surface area contributed by atoms with E-state index in [9.17, 15) is 0 Å². The minimum absolute atomic E-state index is 0.100. The van der Waals surface area contributed by atoms with E-state index in [0.29, 0.717) is 17.4 Å². The highest BCUT2D eigenvalue weighted by molar-refractivity contribution is 6.32. The molecule has 0 aliphatic heterocycles. The molecule has 0 atom stereocenters. The molecule has 0 fully saturated rings. The predicted molar refractivity (Wildman–Crippen MR) is 131 cm³/mol. The summed E-state index contributed by atoms with van der Waals surface area (Å²) in [5.74, 6) is 1.53. The van der Waals surface area contributed by atoms with Crippen LogP contribution in [0.25, 0.3) is 22.4 Å². The average molecular weight is 443 g/mol. The molecule has 0 unspecified atom stereocenters. The van der Waals surface area contributed by atoms with Gasteiger partial charge in [0.25, 0.3) is 0 Å². The molecule has 5 nitrogen and oxygen atoms in total. The third-order valence-electron chi connectivity index (χ3n) is 5.42. The first-order valence-corrected chi connectivity index (χ1v) is 11.3. The van der Waals surface area contributed by atoms with Crippen molar-refractivity contribution in [2.75, 3.05) is 47.4 Å². The Bertz CT molecular complexity index is 1010. The molecule has 0 amide bonds. The monoisotopic (exact) mass is 442 g/mol. The fourth-order valence-corrected chi connectivity index (χ4v) is 3.61. The van der Waals surface area contributed by atoms with Crippen molar-refractivity contribution >= 4 is 22.6 Å². The Kier molecular flexibility index (Phi) is 7.63. The van der Waals surface area contributed by atoms with Gasteiger partial charge in [0.2, 0.25) is 0 Å². The molecule has 168 valence electrons. The van der Waals surface area contributed by atoms with Gasteiger partial charge in [0.05, 0.1) is 22.7 Å². The minimum Gasteiger partial charge on any atom is -0.492 e. The van der Waals surface area contributed by atoms with E-state index in [1.807, 2.05) is 18.2 Å². The number of fused-ring (bicyclic) bond motifs is 1. The zero-order valence-electron chi connectivity index (χ0n) is 19.6. The van der Waals surface area contributed by atoms with Crippen LogP contribution >= 0.6 is 11.6 Å². The molecule has 0 spiro atoms. The maximum atomic E-state index is 6.51. The number of nitrogens with one attached hydrogen (secondary N) is 1. The number of H-pyrrole nitrogens is 1. The number of ether oxygens (including phenoxy) is 1. The van der Waals surface area contributed by atoms with Crippen LogP contribution < -0.4 is 4.74 Å². The van der Waals surface area contributed by atoms with Crippen LogP contribution in [0.4, 0.5) is 0 Å². The number of benzene rings is 2. The van der Waals surface area contributed by atoms with Gasteiger partial charge in [-0.3, -0.25) is 0 Å². The van der Waals surface area contributed by atoms with Gasteiger partial charge in [-0.25, -0.2) is 4.98 Å². The van der Waals surface area contributed by atoms with Gasteiger partial charge in [0, 0.05) is 25.2 Å². The van der Waals surface area contributed by atoms with Crippen molar-refractivity contribution in [3.8, 4) is 17.1 Å². The largest absolute Gasteiger partial charge is 0.492 e. The fourth-order valence-electron chi connectivity index (χ4n) is 3.38. The highest BCUT2D eigenvalue weighted by Crippen LogP contribution is 2.31. The van der Waals surface area contributed by atoms with Crippen LogP contribution in [0.3, 0.4) is 0 Å². The van der Waals surface area contributed by atoms with Crippen LogP contribution in [0, 0.1) is 0 Å². The van der Waals surface area contributed by atoms with Gasteiger partial charge in [-0.15, -0.1) is 0 Å². The molecule has 2 aromatic carbocycles. The Morgan fingerprint density at radius 3 is 2.45 bits per heavy atom. The lowest BCUT2D eigenvalue weighted by Gasteiger charge is -2.19. The van der Waals surface area contributed by atoms with Gasteiger partial charge in [0.1, 0.15) is 11.6 Å². The minimum atomic E-state index is 0.100. The van der Waals surface area contributed by atoms with Crippen LogP contribution in [0.5, 0.6) is 5.75 Å². The molecule has 0 radical (unpaired) electrons. The van der Waals surface area contributed by atoms with E-state index in [-0.39, 0.29) is 5.41 Å². The van der Waals surface area contributed by atoms with Crippen molar-refractivity contribution in [1.82, 2.24) is 19.8 Å². The molecule has 0 saturated carbocycles. The second-order valence-electron chi connectivity index (χ2n) is 9.52. The van der Waals surface area contributed by atoms with Crippen LogP contribution in [0.1, 0.15) is 32.8 Å². The Morgan fingerprint density at radius 1 is 1.00 bits per heavy atom. The van der Waals surface area contributed by atoms with Crippen LogP contribution in [-0.4, -0.2) is 67.2 Å². The second kappa shape index (κ2) is 10.0. The first-order valence-electron chi connectivity index (χ1n) is 10.9. The number of imidazole rings is 1. The first-order chi connectivity index (χ1) is 14.6. The molecule has 6 heteroatoms. The van der Waals surface area contributed by atoms with Crippen molar-refractivity contribution in [2.24, 2.45) is 0 Å². The normalized spacial score (nSPS) is 12.3. The van der Waals surface area contributed by atoms with E-state index in [0.717, 1.165) is 48.5 Å². The highest BCUT2D eigenvalue weighted by atomic mass is 35.5. The van der Waals surface area contributed by atoms with E-state index in [1.54, 1.807) is 0 Å². The molecule has 1 aromatic heterocycles. The van der Waals surface area contributed by atoms with E-state index in [1.165, 1.54) is 5.56 Å². The molecular weight excluding hydrogens is 408 g/mol. The fraction of sp³-hybridized carbons (Fsp3) is 0.480. The number of hydrogen-bond acceptors (Lipinski definition) is 4. The Balaban J connectivity index is 1.61. The molecule has 0 aliphatic rings. The zero-order valence-corrected chi connectivity index (χ0v) is 20.4. The summed E-state index contributed by atoms with van der Waals surface area (Å²) >= 11 is 6.51. The topological polar surface area (TPSA) is 44.4 Å². The van der Waals surface area contributed by atoms with E-state index in [2.05, 4.69) is 74.9 Å². The molecule has 0 bridgehead atoms. The maximum absolute atomic E-state index is 6.51. The first kappa shape index (κ1) is 23.6. The molecule has 0 saturated heterocycles. The second-order valence-corrected chi connectivity index (χ2v) is 9.93. The Hall–Kier alpha value is -2.08. The maximum Gasteiger partial charge on any atom is 0.138 e. The number of nitrogens with zero attached hydrogens (tertiary/aromatic N) is 3. The molecular formula is C25H35ClN4O. The van der Waals surface area contributed by atoms with Crippen LogP contribution in [0.2, 0.25) is 5.02 Å². The quantitative estimate of drug-likeness (QED) is 0.448. The van der Waals surface area contributed by atoms with Gasteiger partial charge < -0.3 is 19.5 Å². The Labute approximate surface area is 191 Å². The highest BCUT2D eigenvalue weighted by Gasteiger charge is 2.15. The number of aromatic amines is 1. The summed E-state index contributed by atoms with van der Waals surface area (Å²) in [6.07, 6.45) is 0.960. The summed E-state index contributed by atoms with van der Waals surface area (Å²) in [6.45, 7) is 10.4. The summed E-state index contributed by atoms with van der Waals surface area (Å²) in [7, 11) is 6.33. The van der Waals surface area contributed by atoms with Crippen molar-refractivity contribution in [3.05, 3.63) is 47.0 Å². The molecule has 3 aromatic rings. The van der Waals surface area contributed by atoms with Crippen LogP contribution in [0.15, 0.2) is 36.4 Å². The summed E-state index contributed by atoms with van der Waals surface area (Å²) in [5.41, 5.74) is 4.33. The van der Waals surface area contributed by atoms with E-state index < -0.39 is 0 Å². The van der Waals surface area contributed by atoms with Crippen LogP contribution in [-0.2, 0) is 5.41 Å². The van der Waals surface area contributed by atoms with Crippen molar-refractivity contribution in [3.63, 3.8) is 0 Å². The van der Waals surface area contributed by atoms with Gasteiger partial charge in [-0.2, -0.15) is 0 Å². The average Bonchev–Trinajstić information content (AvgIpc) is 3.13. The van der Waals surface area contributed by atoms with Crippen molar-refractivity contribution in [2.45, 2.75) is 32.6 Å². The SMILES string of the molecule is CN(C)CCN(C)CCCOc1ccc(-c2nc3ccc(C(C)(C)C)cc3[nH]2)cc1Cl. The summed E-state index contributed by atoms with van der Waals surface area (Å²) in [6, 6.07) is 12.3. The third kappa shape index (κ3) is 6.45. The number of halogens is 1. The molecule has 1 heterocycles. The predicted octanol–water partition coefficient (Wildman–Crippen LogP) is 5.44. The van der Waals surface area contributed by atoms with Gasteiger partial charge in [0.15, 0.2) is 0 Å². The Morgan fingerprint density at radius 2 is 1.77 bits per heavy atom. The van der Waals surface area contributed by atoms with Gasteiger partial charge >= 0.3 is 0 Å². The lowest BCUT2D eigenvalue weighted by atomic mass is 9.87. The lowest BCUT2D eigenvalue weighted by Crippen LogP contribution is -2.29. The lowest BCUT2D eigenvalue weighted by molar-refractivity contribution is 0.245. The molecule has 3 rings (SSSR count). The summed E-state index contributed by atoms with van der Waals surface area (Å²) in [5, 5.41) is 0.606. The molecule has 1 N–H and O–H groups in total. The standard InChI is InChI=1S/C25H35ClN4O/c1-25(2,3)19-9-10-21-22(17-19)28-24(27-21)18-8-11-23(20(26)16-18)31-15-7-12-30(6)14-13-29(4)5/h8-11,16-17H,7,12-15H2,1-6H3,(H,27,28). The molecule has 31 heavy (non-hydrogen) atoms. The zero-order chi connectivity index (χ0) is 22.6. The molecule has 0 aliphatic carbocycles. The number of hydrogen-bond donors (Lipinski definition) is 1. The van der Waals surface area contributed by atoms with Gasteiger partial charge in [-0.1, -0.05) is 38.4 Å². The van der Waals surface area contributed by atoms with Crippen molar-refractivity contribution < 1.29 is 4.74 Å². The number of aromatic nitrogens is 2. The van der Waals surface area contributed by atoms with E-state index in [4.69, 9.17) is 21.3 Å². The number of rotatable bonds is 9.